The van der Waals surface area contributed by atoms with Gasteiger partial charge in [0.25, 0.3) is 5.69 Å². The number of methoxy groups -OCH3 is 1. The topological polar surface area (TPSA) is 115 Å². The number of benzene rings is 2. The van der Waals surface area contributed by atoms with Crippen LogP contribution in [0.4, 0.5) is 11.4 Å². The Morgan fingerprint density at radius 3 is 2.42 bits per heavy atom. The quantitative estimate of drug-likeness (QED) is 0.295. The third-order valence-corrected chi connectivity index (χ3v) is 7.08. The van der Waals surface area contributed by atoms with E-state index in [1.54, 1.807) is 19.9 Å². The van der Waals surface area contributed by atoms with Crippen molar-refractivity contribution < 1.29 is 24.0 Å². The number of non-ortho nitro benzene ring substituents is 1. The van der Waals surface area contributed by atoms with Crippen molar-refractivity contribution in [1.29, 1.82) is 0 Å². The largest absolute Gasteiger partial charge is 0.468 e. The number of hydrogen-bond donors (Lipinski definition) is 0. The van der Waals surface area contributed by atoms with Crippen LogP contribution in [0.5, 0.6) is 0 Å². The molecule has 0 amide bonds. The van der Waals surface area contributed by atoms with Crippen LogP contribution in [0.3, 0.4) is 0 Å². The molecule has 1 saturated heterocycles. The normalized spacial score (nSPS) is 20.1. The molecule has 0 radical (unpaired) electrons. The zero-order chi connectivity index (χ0) is 27.2. The van der Waals surface area contributed by atoms with E-state index in [0.717, 1.165) is 26.2 Å². The lowest BCUT2D eigenvalue weighted by molar-refractivity contribution is -0.384. The van der Waals surface area contributed by atoms with Crippen LogP contribution in [0.15, 0.2) is 70.9 Å². The van der Waals surface area contributed by atoms with Gasteiger partial charge in [-0.2, -0.15) is 0 Å². The smallest absolute Gasteiger partial charge is 0.336 e. The maximum absolute atomic E-state index is 13.4. The maximum atomic E-state index is 13.4. The molecular formula is C28H32N4O6. The minimum Gasteiger partial charge on any atom is -0.468 e. The van der Waals surface area contributed by atoms with Crippen LogP contribution in [-0.2, 0) is 19.1 Å². The molecule has 0 spiro atoms. The first kappa shape index (κ1) is 27.0. The van der Waals surface area contributed by atoms with E-state index >= 15 is 0 Å². The molecular weight excluding hydrogens is 488 g/mol. The van der Waals surface area contributed by atoms with Gasteiger partial charge in [0.05, 0.1) is 17.6 Å². The van der Waals surface area contributed by atoms with E-state index in [9.17, 15) is 19.7 Å². The molecule has 2 aliphatic rings. The molecule has 2 aromatic rings. The number of carbonyl (C=O) groups is 2. The number of piperazine rings is 1. The average Bonchev–Trinajstić information content (AvgIpc) is 2.93. The highest BCUT2D eigenvalue weighted by molar-refractivity contribution is 6.07. The van der Waals surface area contributed by atoms with Crippen molar-refractivity contribution in [1.82, 2.24) is 4.90 Å². The Morgan fingerprint density at radius 2 is 1.76 bits per heavy atom. The number of nitro groups is 1. The highest BCUT2D eigenvalue weighted by atomic mass is 16.6. The number of allylic oxidation sites excluding steroid dienone is 1. The van der Waals surface area contributed by atoms with Crippen molar-refractivity contribution in [2.24, 2.45) is 10.9 Å². The fourth-order valence-corrected chi connectivity index (χ4v) is 5.14. The summed E-state index contributed by atoms with van der Waals surface area (Å²) in [4.78, 5) is 46.1. The van der Waals surface area contributed by atoms with E-state index in [0.29, 0.717) is 23.5 Å². The van der Waals surface area contributed by atoms with E-state index < -0.39 is 28.7 Å². The predicted octanol–water partition coefficient (Wildman–Crippen LogP) is 3.58. The molecule has 2 aromatic carbocycles. The number of nitro benzene ring substituents is 1. The molecule has 10 nitrogen and oxygen atoms in total. The average molecular weight is 521 g/mol. The van der Waals surface area contributed by atoms with Crippen molar-refractivity contribution in [2.75, 3.05) is 51.3 Å². The van der Waals surface area contributed by atoms with Crippen LogP contribution in [-0.4, -0.2) is 73.9 Å². The van der Waals surface area contributed by atoms with Gasteiger partial charge in [-0.3, -0.25) is 24.8 Å². The molecule has 2 unspecified atom stereocenters. The molecule has 38 heavy (non-hydrogen) atoms. The van der Waals surface area contributed by atoms with Gasteiger partial charge in [-0.1, -0.05) is 30.3 Å². The van der Waals surface area contributed by atoms with Crippen LogP contribution >= 0.6 is 0 Å². The molecule has 2 aliphatic heterocycles. The van der Waals surface area contributed by atoms with E-state index in [4.69, 9.17) is 9.47 Å². The van der Waals surface area contributed by atoms with Gasteiger partial charge in [0.2, 0.25) is 0 Å². The molecule has 1 fully saturated rings. The second-order valence-corrected chi connectivity index (χ2v) is 9.38. The number of hydrogen-bond acceptors (Lipinski definition) is 9. The first-order chi connectivity index (χ1) is 18.3. The van der Waals surface area contributed by atoms with Crippen LogP contribution in [0, 0.1) is 16.0 Å². The molecule has 0 saturated carbocycles. The minimum absolute atomic E-state index is 0.133. The summed E-state index contributed by atoms with van der Waals surface area (Å²) in [6.07, 6.45) is 0. The number of ether oxygens (including phenoxy) is 2. The summed E-state index contributed by atoms with van der Waals surface area (Å²) >= 11 is 0. The van der Waals surface area contributed by atoms with Gasteiger partial charge in [-0.05, 0) is 31.5 Å². The Morgan fingerprint density at radius 1 is 1.05 bits per heavy atom. The van der Waals surface area contributed by atoms with Crippen LogP contribution in [0.2, 0.25) is 0 Å². The summed E-state index contributed by atoms with van der Waals surface area (Å²) in [6.45, 7) is 7.57. The maximum Gasteiger partial charge on any atom is 0.336 e. The number of esters is 2. The molecule has 0 bridgehead atoms. The molecule has 200 valence electrons. The second-order valence-electron chi connectivity index (χ2n) is 9.38. The first-order valence-corrected chi connectivity index (χ1v) is 12.6. The predicted molar refractivity (Wildman–Crippen MR) is 143 cm³/mol. The molecule has 4 rings (SSSR count). The Hall–Kier alpha value is -4.05. The zero-order valence-corrected chi connectivity index (χ0v) is 21.8. The summed E-state index contributed by atoms with van der Waals surface area (Å²) in [5.74, 6) is -2.88. The molecule has 2 atom stereocenters. The minimum atomic E-state index is -0.903. The van der Waals surface area contributed by atoms with Gasteiger partial charge in [0, 0.05) is 67.9 Å². The van der Waals surface area contributed by atoms with Gasteiger partial charge >= 0.3 is 11.9 Å². The molecule has 2 heterocycles. The highest BCUT2D eigenvalue weighted by Gasteiger charge is 2.42. The Labute approximate surface area is 221 Å². The van der Waals surface area contributed by atoms with E-state index in [2.05, 4.69) is 26.9 Å². The third kappa shape index (κ3) is 5.91. The van der Waals surface area contributed by atoms with Crippen LogP contribution in [0.25, 0.3) is 0 Å². The highest BCUT2D eigenvalue weighted by Crippen LogP contribution is 2.40. The molecule has 10 heteroatoms. The summed E-state index contributed by atoms with van der Waals surface area (Å²) in [7, 11) is 1.26. The van der Waals surface area contributed by atoms with Crippen molar-refractivity contribution in [3.05, 3.63) is 81.5 Å². The lowest BCUT2D eigenvalue weighted by Gasteiger charge is -2.36. The number of nitrogens with zero attached hydrogens (tertiary/aromatic N) is 4. The number of rotatable bonds is 8. The fourth-order valence-electron chi connectivity index (χ4n) is 5.14. The van der Waals surface area contributed by atoms with Gasteiger partial charge < -0.3 is 14.4 Å². The molecule has 0 aromatic heterocycles. The van der Waals surface area contributed by atoms with E-state index in [1.165, 1.54) is 31.0 Å². The Kier molecular flexibility index (Phi) is 8.52. The van der Waals surface area contributed by atoms with Gasteiger partial charge in [0.1, 0.15) is 12.5 Å². The van der Waals surface area contributed by atoms with Crippen molar-refractivity contribution >= 4 is 29.0 Å². The molecule has 0 aliphatic carbocycles. The monoisotopic (exact) mass is 520 g/mol. The van der Waals surface area contributed by atoms with Crippen LogP contribution in [0.1, 0.15) is 25.3 Å². The molecule has 0 N–H and O–H groups in total. The Balaban J connectivity index is 1.47. The fraction of sp³-hybridized carbons (Fsp3) is 0.393. The van der Waals surface area contributed by atoms with Crippen molar-refractivity contribution in [3.63, 3.8) is 0 Å². The summed E-state index contributed by atoms with van der Waals surface area (Å²) in [5, 5.41) is 11.4. The van der Waals surface area contributed by atoms with Gasteiger partial charge in [-0.15, -0.1) is 0 Å². The van der Waals surface area contributed by atoms with Crippen LogP contribution < -0.4 is 4.90 Å². The SMILES string of the molecule is COC(=O)C1C(C)=NC(C)=C(C(=O)OCCN2CCN(c3ccccc3)CC2)C1c1cccc([N+](=O)[O-])c1. The summed E-state index contributed by atoms with van der Waals surface area (Å²) in [6, 6.07) is 16.2. The standard InChI is InChI=1S/C28H32N4O6/c1-19-24(27(33)37-3)26(21-8-7-11-23(18-21)32(35)36)25(20(2)29-19)28(34)38-17-16-30-12-14-31(15-13-30)22-9-5-4-6-10-22/h4-11,18,24,26H,12-17H2,1-3H3. The van der Waals surface area contributed by atoms with Gasteiger partial charge in [-0.25, -0.2) is 4.79 Å². The summed E-state index contributed by atoms with van der Waals surface area (Å²) < 4.78 is 10.7. The second kappa shape index (κ2) is 12.0. The number of para-hydroxylation sites is 1. The van der Waals surface area contributed by atoms with Gasteiger partial charge in [0.15, 0.2) is 0 Å². The van der Waals surface area contributed by atoms with Crippen molar-refractivity contribution in [2.45, 2.75) is 19.8 Å². The third-order valence-electron chi connectivity index (χ3n) is 7.08. The number of carbonyl (C=O) groups excluding carboxylic acids is 2. The van der Waals surface area contributed by atoms with E-state index in [-0.39, 0.29) is 17.9 Å². The van der Waals surface area contributed by atoms with E-state index in [1.807, 2.05) is 18.2 Å². The zero-order valence-electron chi connectivity index (χ0n) is 21.8. The lowest BCUT2D eigenvalue weighted by Crippen LogP contribution is -2.47. The number of anilines is 1. The lowest BCUT2D eigenvalue weighted by atomic mass is 9.75. The first-order valence-electron chi connectivity index (χ1n) is 12.6. The number of aliphatic imine (C=N–C) groups is 1. The Bertz CT molecular complexity index is 1250. The van der Waals surface area contributed by atoms with Crippen molar-refractivity contribution in [3.8, 4) is 0 Å². The summed E-state index contributed by atoms with van der Waals surface area (Å²) in [5.41, 5.74) is 2.61.